The normalized spacial score (nSPS) is 12.2. The number of nitrogens with one attached hydrogen (secondary N) is 2. The van der Waals surface area contributed by atoms with Crippen molar-refractivity contribution in [2.45, 2.75) is 39.2 Å². The number of aliphatic hydroxyl groups is 1. The molecule has 0 bridgehead atoms. The summed E-state index contributed by atoms with van der Waals surface area (Å²) in [4.78, 5) is 15.7. The van der Waals surface area contributed by atoms with Gasteiger partial charge in [-0.2, -0.15) is 0 Å². The van der Waals surface area contributed by atoms with Crippen LogP contribution in [0.5, 0.6) is 0 Å². The van der Waals surface area contributed by atoms with Crippen molar-refractivity contribution >= 4 is 22.5 Å². The summed E-state index contributed by atoms with van der Waals surface area (Å²) in [6, 6.07) is -0.275. The number of nitrogens with zero attached hydrogens (tertiary/aromatic N) is 1. The second-order valence-corrected chi connectivity index (χ2v) is 4.77. The minimum Gasteiger partial charge on any atom is -0.393 e. The summed E-state index contributed by atoms with van der Waals surface area (Å²) in [6.45, 7) is 4.24. The Morgan fingerprint density at radius 3 is 3.06 bits per heavy atom. The Labute approximate surface area is 105 Å². The first kappa shape index (κ1) is 13.9. The smallest absolute Gasteiger partial charge is 0.321 e. The molecule has 0 aromatic carbocycles. The maximum atomic E-state index is 11.4. The number of thiazole rings is 1. The fraction of sp³-hybridized carbons (Fsp3) is 0.636. The number of hydrogen-bond donors (Lipinski definition) is 3. The summed E-state index contributed by atoms with van der Waals surface area (Å²) >= 11 is 1.43. The number of anilines is 1. The average Bonchev–Trinajstić information content (AvgIpc) is 2.65. The van der Waals surface area contributed by atoms with Crippen molar-refractivity contribution in [3.63, 3.8) is 0 Å². The van der Waals surface area contributed by atoms with Crippen LogP contribution < -0.4 is 10.6 Å². The van der Waals surface area contributed by atoms with Crippen LogP contribution in [0.3, 0.4) is 0 Å². The molecule has 17 heavy (non-hydrogen) atoms. The standard InChI is InChI=1S/C11H19N3O2S/c1-3-4-9-7-17-11(13-9)14-10(16)12-6-5-8(2)15/h7-8,15H,3-6H2,1-2H3,(H2,12,13,14,16). The molecule has 1 heterocycles. The lowest BCUT2D eigenvalue weighted by molar-refractivity contribution is 0.184. The highest BCUT2D eigenvalue weighted by Crippen LogP contribution is 2.16. The van der Waals surface area contributed by atoms with Gasteiger partial charge in [-0.25, -0.2) is 9.78 Å². The minimum absolute atomic E-state index is 0.275. The molecule has 6 heteroatoms. The van der Waals surface area contributed by atoms with Gasteiger partial charge in [-0.05, 0) is 19.8 Å². The molecule has 0 saturated heterocycles. The van der Waals surface area contributed by atoms with Crippen LogP contribution in [0.4, 0.5) is 9.93 Å². The highest BCUT2D eigenvalue weighted by Gasteiger charge is 2.05. The van der Waals surface area contributed by atoms with E-state index in [4.69, 9.17) is 5.11 Å². The summed E-state index contributed by atoms with van der Waals surface area (Å²) in [6.07, 6.45) is 2.13. The van der Waals surface area contributed by atoms with E-state index in [1.54, 1.807) is 6.92 Å². The lowest BCUT2D eigenvalue weighted by Crippen LogP contribution is -2.30. The third-order valence-corrected chi connectivity index (χ3v) is 2.93. The van der Waals surface area contributed by atoms with E-state index in [0.29, 0.717) is 18.1 Å². The first-order chi connectivity index (χ1) is 8.11. The zero-order chi connectivity index (χ0) is 12.7. The Kier molecular flexibility index (Phi) is 5.93. The molecule has 5 nitrogen and oxygen atoms in total. The maximum absolute atomic E-state index is 11.4. The van der Waals surface area contributed by atoms with E-state index < -0.39 is 6.10 Å². The molecule has 0 fully saturated rings. The summed E-state index contributed by atoms with van der Waals surface area (Å²) < 4.78 is 0. The summed E-state index contributed by atoms with van der Waals surface area (Å²) in [7, 11) is 0. The molecule has 0 saturated carbocycles. The van der Waals surface area contributed by atoms with Crippen LogP contribution in [0.2, 0.25) is 0 Å². The fourth-order valence-electron chi connectivity index (χ4n) is 1.27. The van der Waals surface area contributed by atoms with Crippen LogP contribution in [-0.4, -0.2) is 28.8 Å². The Balaban J connectivity index is 2.29. The van der Waals surface area contributed by atoms with Crippen molar-refractivity contribution in [3.05, 3.63) is 11.1 Å². The van der Waals surface area contributed by atoms with Crippen molar-refractivity contribution in [1.82, 2.24) is 10.3 Å². The number of aromatic nitrogens is 1. The molecule has 0 aliphatic heterocycles. The molecule has 1 aromatic heterocycles. The van der Waals surface area contributed by atoms with Gasteiger partial charge in [0, 0.05) is 11.9 Å². The van der Waals surface area contributed by atoms with Gasteiger partial charge >= 0.3 is 6.03 Å². The Morgan fingerprint density at radius 2 is 2.41 bits per heavy atom. The highest BCUT2D eigenvalue weighted by atomic mass is 32.1. The summed E-state index contributed by atoms with van der Waals surface area (Å²) in [5, 5.41) is 16.9. The number of urea groups is 1. The number of rotatable bonds is 6. The SMILES string of the molecule is CCCc1csc(NC(=O)NCCC(C)O)n1. The molecule has 3 N–H and O–H groups in total. The number of hydrogen-bond acceptors (Lipinski definition) is 4. The summed E-state index contributed by atoms with van der Waals surface area (Å²) in [5.41, 5.74) is 1.01. The van der Waals surface area contributed by atoms with E-state index in [-0.39, 0.29) is 6.03 Å². The quantitative estimate of drug-likeness (QED) is 0.729. The monoisotopic (exact) mass is 257 g/mol. The zero-order valence-electron chi connectivity index (χ0n) is 10.2. The number of aryl methyl sites for hydroxylation is 1. The van der Waals surface area contributed by atoms with Gasteiger partial charge in [-0.15, -0.1) is 11.3 Å². The van der Waals surface area contributed by atoms with Crippen LogP contribution in [0.1, 0.15) is 32.4 Å². The van der Waals surface area contributed by atoms with E-state index in [9.17, 15) is 4.79 Å². The van der Waals surface area contributed by atoms with E-state index in [1.807, 2.05) is 5.38 Å². The van der Waals surface area contributed by atoms with Gasteiger partial charge in [-0.1, -0.05) is 13.3 Å². The molecule has 1 rings (SSSR count). The van der Waals surface area contributed by atoms with Gasteiger partial charge < -0.3 is 10.4 Å². The largest absolute Gasteiger partial charge is 0.393 e. The molecule has 1 aromatic rings. The second-order valence-electron chi connectivity index (χ2n) is 3.91. The zero-order valence-corrected chi connectivity index (χ0v) is 11.0. The van der Waals surface area contributed by atoms with Crippen LogP contribution in [0, 0.1) is 0 Å². The van der Waals surface area contributed by atoms with Crippen molar-refractivity contribution in [1.29, 1.82) is 0 Å². The number of aliphatic hydroxyl groups excluding tert-OH is 1. The fourth-order valence-corrected chi connectivity index (χ4v) is 2.01. The van der Waals surface area contributed by atoms with Crippen molar-refractivity contribution in [3.8, 4) is 0 Å². The van der Waals surface area contributed by atoms with Crippen molar-refractivity contribution in [2.24, 2.45) is 0 Å². The van der Waals surface area contributed by atoms with E-state index in [0.717, 1.165) is 18.5 Å². The van der Waals surface area contributed by atoms with Gasteiger partial charge in [0.05, 0.1) is 11.8 Å². The maximum Gasteiger partial charge on any atom is 0.321 e. The van der Waals surface area contributed by atoms with Gasteiger partial charge in [0.25, 0.3) is 0 Å². The predicted molar refractivity (Wildman–Crippen MR) is 69.4 cm³/mol. The number of carbonyl (C=O) groups excluding carboxylic acids is 1. The molecule has 0 aliphatic rings. The van der Waals surface area contributed by atoms with Crippen molar-refractivity contribution < 1.29 is 9.90 Å². The second kappa shape index (κ2) is 7.24. The lowest BCUT2D eigenvalue weighted by Gasteiger charge is -2.06. The molecule has 0 spiro atoms. The Morgan fingerprint density at radius 1 is 1.65 bits per heavy atom. The van der Waals surface area contributed by atoms with Crippen LogP contribution in [0.15, 0.2) is 5.38 Å². The topological polar surface area (TPSA) is 74.2 Å². The molecule has 1 unspecified atom stereocenters. The van der Waals surface area contributed by atoms with E-state index in [2.05, 4.69) is 22.5 Å². The summed E-state index contributed by atoms with van der Waals surface area (Å²) in [5.74, 6) is 0. The van der Waals surface area contributed by atoms with Crippen molar-refractivity contribution in [2.75, 3.05) is 11.9 Å². The third kappa shape index (κ3) is 5.65. The first-order valence-corrected chi connectivity index (χ1v) is 6.67. The first-order valence-electron chi connectivity index (χ1n) is 5.79. The van der Waals surface area contributed by atoms with Gasteiger partial charge in [0.1, 0.15) is 0 Å². The lowest BCUT2D eigenvalue weighted by atomic mass is 10.3. The molecule has 96 valence electrons. The van der Waals surface area contributed by atoms with E-state index >= 15 is 0 Å². The average molecular weight is 257 g/mol. The number of carbonyl (C=O) groups is 1. The molecular weight excluding hydrogens is 238 g/mol. The van der Waals surface area contributed by atoms with E-state index in [1.165, 1.54) is 11.3 Å². The van der Waals surface area contributed by atoms with Gasteiger partial charge in [-0.3, -0.25) is 5.32 Å². The molecule has 0 radical (unpaired) electrons. The van der Waals surface area contributed by atoms with Gasteiger partial charge in [0.15, 0.2) is 5.13 Å². The highest BCUT2D eigenvalue weighted by molar-refractivity contribution is 7.13. The third-order valence-electron chi connectivity index (χ3n) is 2.13. The Hall–Kier alpha value is -1.14. The van der Waals surface area contributed by atoms with Crippen LogP contribution in [-0.2, 0) is 6.42 Å². The van der Waals surface area contributed by atoms with Crippen LogP contribution in [0.25, 0.3) is 0 Å². The molecular formula is C11H19N3O2S. The minimum atomic E-state index is -0.397. The molecule has 2 amide bonds. The number of amides is 2. The Bertz CT molecular complexity index is 352. The van der Waals surface area contributed by atoms with Crippen LogP contribution >= 0.6 is 11.3 Å². The van der Waals surface area contributed by atoms with Gasteiger partial charge in [0.2, 0.25) is 0 Å². The molecule has 1 atom stereocenters. The predicted octanol–water partition coefficient (Wildman–Crippen LogP) is 1.99. The molecule has 0 aliphatic carbocycles.